The van der Waals surface area contributed by atoms with Crippen LogP contribution < -0.4 is 0 Å². The minimum Gasteiger partial charge on any atom is -0.176 e. The summed E-state index contributed by atoms with van der Waals surface area (Å²) in [4.78, 5) is 0. The number of thiol groups is 1. The van der Waals surface area contributed by atoms with Gasteiger partial charge >= 0.3 is 0 Å². The second-order valence-electron chi connectivity index (χ2n) is 2.87. The summed E-state index contributed by atoms with van der Waals surface area (Å²) < 4.78 is 0. The van der Waals surface area contributed by atoms with E-state index in [0.717, 1.165) is 6.42 Å². The van der Waals surface area contributed by atoms with Gasteiger partial charge in [-0.15, -0.1) is 0 Å². The van der Waals surface area contributed by atoms with Crippen molar-refractivity contribution in [1.29, 1.82) is 0 Å². The summed E-state index contributed by atoms with van der Waals surface area (Å²) in [6.07, 6.45) is 1.04. The quantitative estimate of drug-likeness (QED) is 0.457. The second kappa shape index (κ2) is 3.99. The molecule has 0 aliphatic carbocycles. The Morgan fingerprint density at radius 3 is 2.00 bits per heavy atom. The number of hydrogen-bond acceptors (Lipinski definition) is 1. The molecule has 0 bridgehead atoms. The van der Waals surface area contributed by atoms with Gasteiger partial charge in [-0.2, -0.15) is 12.6 Å². The van der Waals surface area contributed by atoms with Crippen LogP contribution in [0.25, 0.3) is 0 Å². The van der Waals surface area contributed by atoms with Crippen molar-refractivity contribution in [3.63, 3.8) is 0 Å². The molecule has 0 aliphatic rings. The Hall–Kier alpha value is 0.0900. The van der Waals surface area contributed by atoms with Crippen LogP contribution in [0.3, 0.4) is 0 Å². The van der Waals surface area contributed by atoms with Crippen LogP contribution in [-0.2, 0) is 0 Å². The van der Waals surface area contributed by atoms with E-state index >= 15 is 0 Å². The first kappa shape index (κ1) is 9.09. The van der Waals surface area contributed by atoms with Gasteiger partial charge < -0.3 is 0 Å². The predicted molar refractivity (Wildman–Crippen MR) is 47.0 cm³/mol. The molecule has 0 aromatic rings. The van der Waals surface area contributed by atoms with Crippen molar-refractivity contribution in [3.05, 3.63) is 12.2 Å². The lowest BCUT2D eigenvalue weighted by molar-refractivity contribution is 0.713. The highest BCUT2D eigenvalue weighted by molar-refractivity contribution is 7.80. The van der Waals surface area contributed by atoms with Crippen LogP contribution in [0.4, 0.5) is 0 Å². The maximum Gasteiger partial charge on any atom is 0.00256 e. The third kappa shape index (κ3) is 4.58. The van der Waals surface area contributed by atoms with E-state index in [1.165, 1.54) is 5.57 Å². The number of rotatable bonds is 3. The minimum atomic E-state index is 0.458. The maximum atomic E-state index is 4.27. The van der Waals surface area contributed by atoms with Gasteiger partial charge in [0.05, 0.1) is 0 Å². The largest absolute Gasteiger partial charge is 0.176 e. The highest BCUT2D eigenvalue weighted by Gasteiger charge is 2.02. The number of hydrogen-bond donors (Lipinski definition) is 1. The van der Waals surface area contributed by atoms with Crippen molar-refractivity contribution in [2.75, 3.05) is 0 Å². The number of allylic oxidation sites excluding steroid dienone is 1. The van der Waals surface area contributed by atoms with E-state index in [4.69, 9.17) is 0 Å². The lowest BCUT2D eigenvalue weighted by atomic mass is 10.0. The van der Waals surface area contributed by atoms with Gasteiger partial charge in [0.2, 0.25) is 0 Å². The van der Waals surface area contributed by atoms with Crippen LogP contribution in [0.5, 0.6) is 0 Å². The molecule has 0 saturated heterocycles. The zero-order valence-electron chi connectivity index (χ0n) is 6.52. The highest BCUT2D eigenvalue weighted by atomic mass is 32.1. The second-order valence-corrected chi connectivity index (χ2v) is 3.75. The Labute approximate surface area is 63.8 Å². The molecule has 1 heteroatoms. The summed E-state index contributed by atoms with van der Waals surface area (Å²) in [6, 6.07) is 0. The molecule has 1 unspecified atom stereocenters. The van der Waals surface area contributed by atoms with E-state index in [1.807, 2.05) is 0 Å². The molecule has 0 fully saturated rings. The molecule has 54 valence electrons. The predicted octanol–water partition coefficient (Wildman–Crippen LogP) is 2.91. The fraction of sp³-hybridized carbons (Fsp3) is 0.750. The highest BCUT2D eigenvalue weighted by Crippen LogP contribution is 2.15. The van der Waals surface area contributed by atoms with Crippen molar-refractivity contribution in [2.45, 2.75) is 32.4 Å². The SMILES string of the molecule is C=C(CC(C)S)C(C)C. The van der Waals surface area contributed by atoms with Gasteiger partial charge in [0.15, 0.2) is 0 Å². The third-order valence-electron chi connectivity index (χ3n) is 1.37. The molecule has 0 rings (SSSR count). The first-order chi connectivity index (χ1) is 4.04. The third-order valence-corrected chi connectivity index (χ3v) is 1.56. The minimum absolute atomic E-state index is 0.458. The first-order valence-electron chi connectivity index (χ1n) is 3.39. The van der Waals surface area contributed by atoms with Gasteiger partial charge in [0, 0.05) is 5.25 Å². The van der Waals surface area contributed by atoms with E-state index in [0.29, 0.717) is 11.2 Å². The molecule has 0 spiro atoms. The van der Waals surface area contributed by atoms with Crippen molar-refractivity contribution < 1.29 is 0 Å². The smallest absolute Gasteiger partial charge is 0.00256 e. The molecule has 0 amide bonds. The fourth-order valence-corrected chi connectivity index (χ4v) is 0.850. The molecule has 0 aromatic carbocycles. The van der Waals surface area contributed by atoms with Crippen molar-refractivity contribution in [2.24, 2.45) is 5.92 Å². The monoisotopic (exact) mass is 144 g/mol. The van der Waals surface area contributed by atoms with Crippen LogP contribution in [0, 0.1) is 5.92 Å². The summed E-state index contributed by atoms with van der Waals surface area (Å²) in [5, 5.41) is 0.458. The van der Waals surface area contributed by atoms with Crippen molar-refractivity contribution in [3.8, 4) is 0 Å². The summed E-state index contributed by atoms with van der Waals surface area (Å²) in [5.41, 5.74) is 1.30. The first-order valence-corrected chi connectivity index (χ1v) is 3.91. The van der Waals surface area contributed by atoms with Crippen LogP contribution in [0.1, 0.15) is 27.2 Å². The maximum absolute atomic E-state index is 4.27. The van der Waals surface area contributed by atoms with Crippen LogP contribution in [-0.4, -0.2) is 5.25 Å². The fourth-order valence-electron chi connectivity index (χ4n) is 0.615. The zero-order chi connectivity index (χ0) is 7.44. The van der Waals surface area contributed by atoms with Crippen molar-refractivity contribution >= 4 is 12.6 Å². The lowest BCUT2D eigenvalue weighted by Gasteiger charge is -2.10. The van der Waals surface area contributed by atoms with Crippen LogP contribution in [0.15, 0.2) is 12.2 Å². The molecule has 0 saturated carbocycles. The molecule has 0 aliphatic heterocycles. The van der Waals surface area contributed by atoms with Gasteiger partial charge in [0.1, 0.15) is 0 Å². The van der Waals surface area contributed by atoms with E-state index in [1.54, 1.807) is 0 Å². The molecule has 1 atom stereocenters. The van der Waals surface area contributed by atoms with E-state index in [-0.39, 0.29) is 0 Å². The Bertz CT molecular complexity index is 92.7. The van der Waals surface area contributed by atoms with E-state index in [2.05, 4.69) is 40.0 Å². The van der Waals surface area contributed by atoms with E-state index < -0.39 is 0 Å². The summed E-state index contributed by atoms with van der Waals surface area (Å²) >= 11 is 4.27. The van der Waals surface area contributed by atoms with E-state index in [9.17, 15) is 0 Å². The standard InChI is InChI=1S/C8H16S/c1-6(2)7(3)5-8(4)9/h6,8-9H,3,5H2,1-2,4H3. The molecule has 0 nitrogen and oxygen atoms in total. The van der Waals surface area contributed by atoms with Gasteiger partial charge in [-0.3, -0.25) is 0 Å². The average molecular weight is 144 g/mol. The summed E-state index contributed by atoms with van der Waals surface area (Å²) in [7, 11) is 0. The molecular weight excluding hydrogens is 128 g/mol. The molecular formula is C8H16S. The average Bonchev–Trinajstić information content (AvgIpc) is 1.63. The molecule has 9 heavy (non-hydrogen) atoms. The Kier molecular flexibility index (Phi) is 4.03. The Morgan fingerprint density at radius 2 is 1.89 bits per heavy atom. The van der Waals surface area contributed by atoms with Gasteiger partial charge in [-0.25, -0.2) is 0 Å². The van der Waals surface area contributed by atoms with Gasteiger partial charge in [0.25, 0.3) is 0 Å². The van der Waals surface area contributed by atoms with Crippen molar-refractivity contribution in [1.82, 2.24) is 0 Å². The Morgan fingerprint density at radius 1 is 1.44 bits per heavy atom. The van der Waals surface area contributed by atoms with Gasteiger partial charge in [-0.1, -0.05) is 32.9 Å². The van der Waals surface area contributed by atoms with Crippen LogP contribution in [0.2, 0.25) is 0 Å². The summed E-state index contributed by atoms with van der Waals surface area (Å²) in [5.74, 6) is 0.611. The molecule has 0 radical (unpaired) electrons. The molecule has 0 N–H and O–H groups in total. The van der Waals surface area contributed by atoms with Crippen LogP contribution >= 0.6 is 12.6 Å². The molecule has 0 heterocycles. The lowest BCUT2D eigenvalue weighted by Crippen LogP contribution is -1.98. The summed E-state index contributed by atoms with van der Waals surface area (Å²) in [6.45, 7) is 10.4. The Balaban J connectivity index is 3.51. The molecule has 0 aromatic heterocycles. The normalized spacial score (nSPS) is 13.9. The topological polar surface area (TPSA) is 0 Å². The zero-order valence-corrected chi connectivity index (χ0v) is 7.41. The van der Waals surface area contributed by atoms with Gasteiger partial charge in [-0.05, 0) is 12.3 Å².